The van der Waals surface area contributed by atoms with E-state index in [2.05, 4.69) is 9.97 Å². The summed E-state index contributed by atoms with van der Waals surface area (Å²) in [6.45, 7) is 2.38. The molecular weight excluding hydrogens is 166 g/mol. The Morgan fingerprint density at radius 2 is 2.46 bits per heavy atom. The van der Waals surface area contributed by atoms with Gasteiger partial charge in [-0.1, -0.05) is 0 Å². The lowest BCUT2D eigenvalue weighted by atomic mass is 10.2. The Morgan fingerprint density at radius 3 is 3.00 bits per heavy atom. The summed E-state index contributed by atoms with van der Waals surface area (Å²) in [5.41, 5.74) is 7.37. The molecule has 0 aliphatic rings. The number of hydrogen-bond acceptors (Lipinski definition) is 3. The van der Waals surface area contributed by atoms with Gasteiger partial charge in [-0.3, -0.25) is 0 Å². The standard InChI is InChI=1S/C9H11N3O/c1-6-8(2-3-13-6)9-11-5-7(4-10)12-9/h2-3,5H,4,10H2,1H3,(H,11,12). The van der Waals surface area contributed by atoms with Crippen LogP contribution in [0.2, 0.25) is 0 Å². The summed E-state index contributed by atoms with van der Waals surface area (Å²) >= 11 is 0. The molecular formula is C9H11N3O. The van der Waals surface area contributed by atoms with Gasteiger partial charge in [0.25, 0.3) is 0 Å². The molecule has 2 aromatic rings. The molecule has 0 radical (unpaired) electrons. The van der Waals surface area contributed by atoms with Crippen LogP contribution in [-0.4, -0.2) is 9.97 Å². The highest BCUT2D eigenvalue weighted by Gasteiger charge is 2.07. The van der Waals surface area contributed by atoms with E-state index >= 15 is 0 Å². The number of nitrogens with two attached hydrogens (primary N) is 1. The van der Waals surface area contributed by atoms with E-state index in [0.29, 0.717) is 6.54 Å². The zero-order valence-corrected chi connectivity index (χ0v) is 7.37. The van der Waals surface area contributed by atoms with Crippen LogP contribution < -0.4 is 5.73 Å². The minimum atomic E-state index is 0.476. The Balaban J connectivity index is 2.41. The molecule has 2 aromatic heterocycles. The van der Waals surface area contributed by atoms with E-state index in [1.54, 1.807) is 12.5 Å². The zero-order chi connectivity index (χ0) is 9.26. The Kier molecular flexibility index (Phi) is 1.90. The van der Waals surface area contributed by atoms with E-state index in [1.165, 1.54) is 0 Å². The Hall–Kier alpha value is -1.55. The molecule has 0 unspecified atom stereocenters. The first-order valence-electron chi connectivity index (χ1n) is 4.09. The monoisotopic (exact) mass is 177 g/mol. The molecule has 2 heterocycles. The molecule has 0 aromatic carbocycles. The van der Waals surface area contributed by atoms with Crippen molar-refractivity contribution in [2.45, 2.75) is 13.5 Å². The summed E-state index contributed by atoms with van der Waals surface area (Å²) in [6.07, 6.45) is 3.39. The number of aryl methyl sites for hydroxylation is 1. The van der Waals surface area contributed by atoms with Gasteiger partial charge in [-0.2, -0.15) is 0 Å². The van der Waals surface area contributed by atoms with Gasteiger partial charge in [-0.15, -0.1) is 0 Å². The fourth-order valence-electron chi connectivity index (χ4n) is 1.23. The van der Waals surface area contributed by atoms with Crippen molar-refractivity contribution in [3.05, 3.63) is 30.0 Å². The van der Waals surface area contributed by atoms with E-state index < -0.39 is 0 Å². The maximum Gasteiger partial charge on any atom is 0.141 e. The lowest BCUT2D eigenvalue weighted by molar-refractivity contribution is 0.535. The summed E-state index contributed by atoms with van der Waals surface area (Å²) in [4.78, 5) is 7.30. The van der Waals surface area contributed by atoms with Crippen LogP contribution >= 0.6 is 0 Å². The smallest absolute Gasteiger partial charge is 0.141 e. The summed E-state index contributed by atoms with van der Waals surface area (Å²) < 4.78 is 5.17. The fourth-order valence-corrected chi connectivity index (χ4v) is 1.23. The van der Waals surface area contributed by atoms with Gasteiger partial charge in [0.15, 0.2) is 0 Å². The van der Waals surface area contributed by atoms with E-state index in [9.17, 15) is 0 Å². The van der Waals surface area contributed by atoms with Crippen molar-refractivity contribution >= 4 is 0 Å². The summed E-state index contributed by atoms with van der Waals surface area (Å²) in [6, 6.07) is 1.88. The highest BCUT2D eigenvalue weighted by molar-refractivity contribution is 5.57. The first kappa shape index (κ1) is 8.07. The summed E-state index contributed by atoms with van der Waals surface area (Å²) in [7, 11) is 0. The molecule has 4 nitrogen and oxygen atoms in total. The Morgan fingerprint density at radius 1 is 1.62 bits per heavy atom. The van der Waals surface area contributed by atoms with E-state index in [0.717, 1.165) is 22.8 Å². The molecule has 0 spiro atoms. The number of nitrogens with one attached hydrogen (secondary N) is 1. The number of hydrogen-bond donors (Lipinski definition) is 2. The number of H-pyrrole nitrogens is 1. The average molecular weight is 177 g/mol. The van der Waals surface area contributed by atoms with Gasteiger partial charge in [0.2, 0.25) is 0 Å². The van der Waals surface area contributed by atoms with Crippen LogP contribution in [0.15, 0.2) is 22.9 Å². The van der Waals surface area contributed by atoms with Crippen LogP contribution in [0.4, 0.5) is 0 Å². The van der Waals surface area contributed by atoms with Gasteiger partial charge in [0.1, 0.15) is 11.6 Å². The Bertz CT molecular complexity index is 402. The van der Waals surface area contributed by atoms with Crippen molar-refractivity contribution in [1.82, 2.24) is 9.97 Å². The third-order valence-corrected chi connectivity index (χ3v) is 1.96. The molecule has 0 saturated heterocycles. The SMILES string of the molecule is Cc1occc1-c1ncc(CN)[nH]1. The molecule has 0 bridgehead atoms. The summed E-state index contributed by atoms with van der Waals surface area (Å²) in [5, 5.41) is 0. The first-order valence-corrected chi connectivity index (χ1v) is 4.09. The fraction of sp³-hybridized carbons (Fsp3) is 0.222. The molecule has 0 amide bonds. The molecule has 68 valence electrons. The van der Waals surface area contributed by atoms with Crippen molar-refractivity contribution in [2.24, 2.45) is 5.73 Å². The molecule has 3 N–H and O–H groups in total. The maximum absolute atomic E-state index is 5.46. The zero-order valence-electron chi connectivity index (χ0n) is 7.37. The molecule has 0 fully saturated rings. The molecule has 0 saturated carbocycles. The highest BCUT2D eigenvalue weighted by atomic mass is 16.3. The minimum Gasteiger partial charge on any atom is -0.469 e. The minimum absolute atomic E-state index is 0.476. The highest BCUT2D eigenvalue weighted by Crippen LogP contribution is 2.20. The van der Waals surface area contributed by atoms with Crippen LogP contribution in [0.1, 0.15) is 11.5 Å². The van der Waals surface area contributed by atoms with Crippen molar-refractivity contribution in [2.75, 3.05) is 0 Å². The molecule has 13 heavy (non-hydrogen) atoms. The predicted molar refractivity (Wildman–Crippen MR) is 48.9 cm³/mol. The average Bonchev–Trinajstić information content (AvgIpc) is 2.71. The van der Waals surface area contributed by atoms with Gasteiger partial charge in [-0.25, -0.2) is 4.98 Å². The number of nitrogens with zero attached hydrogens (tertiary/aromatic N) is 1. The third kappa shape index (κ3) is 1.36. The molecule has 0 aliphatic heterocycles. The van der Waals surface area contributed by atoms with E-state index in [-0.39, 0.29) is 0 Å². The van der Waals surface area contributed by atoms with Crippen molar-refractivity contribution in [3.8, 4) is 11.4 Å². The van der Waals surface area contributed by atoms with Crippen LogP contribution in [-0.2, 0) is 6.54 Å². The van der Waals surface area contributed by atoms with E-state index in [1.807, 2.05) is 13.0 Å². The van der Waals surface area contributed by atoms with E-state index in [4.69, 9.17) is 10.2 Å². The van der Waals surface area contributed by atoms with Gasteiger partial charge in [-0.05, 0) is 13.0 Å². The molecule has 2 rings (SSSR count). The first-order chi connectivity index (χ1) is 6.31. The predicted octanol–water partition coefficient (Wildman–Crippen LogP) is 1.44. The maximum atomic E-state index is 5.46. The lowest BCUT2D eigenvalue weighted by Crippen LogP contribution is -1.95. The second-order valence-electron chi connectivity index (χ2n) is 2.85. The van der Waals surface area contributed by atoms with Crippen LogP contribution in [0, 0.1) is 6.92 Å². The Labute approximate surface area is 75.8 Å². The van der Waals surface area contributed by atoms with Crippen molar-refractivity contribution < 1.29 is 4.42 Å². The number of furan rings is 1. The van der Waals surface area contributed by atoms with Gasteiger partial charge in [0.05, 0.1) is 11.8 Å². The second-order valence-corrected chi connectivity index (χ2v) is 2.85. The van der Waals surface area contributed by atoms with Crippen LogP contribution in [0.5, 0.6) is 0 Å². The van der Waals surface area contributed by atoms with Gasteiger partial charge in [0, 0.05) is 18.4 Å². The summed E-state index contributed by atoms with van der Waals surface area (Å²) in [5.74, 6) is 1.67. The third-order valence-electron chi connectivity index (χ3n) is 1.96. The van der Waals surface area contributed by atoms with Crippen molar-refractivity contribution in [3.63, 3.8) is 0 Å². The van der Waals surface area contributed by atoms with Gasteiger partial charge >= 0.3 is 0 Å². The number of aromatic amines is 1. The van der Waals surface area contributed by atoms with Crippen LogP contribution in [0.25, 0.3) is 11.4 Å². The van der Waals surface area contributed by atoms with Crippen molar-refractivity contribution in [1.29, 1.82) is 0 Å². The van der Waals surface area contributed by atoms with Gasteiger partial charge < -0.3 is 15.1 Å². The van der Waals surface area contributed by atoms with Crippen LogP contribution in [0.3, 0.4) is 0 Å². The molecule has 0 aliphatic carbocycles. The normalized spacial score (nSPS) is 10.6. The lowest BCUT2D eigenvalue weighted by Gasteiger charge is -1.92. The number of imidazole rings is 1. The quantitative estimate of drug-likeness (QED) is 0.729. The molecule has 0 atom stereocenters. The molecule has 4 heteroatoms. The largest absolute Gasteiger partial charge is 0.469 e. The number of rotatable bonds is 2. The topological polar surface area (TPSA) is 67.8 Å². The number of aromatic nitrogens is 2. The second kappa shape index (κ2) is 3.06.